The van der Waals surface area contributed by atoms with Crippen molar-refractivity contribution in [2.45, 2.75) is 66.0 Å². The molecule has 10 heteroatoms. The number of para-hydroxylation sites is 1. The van der Waals surface area contributed by atoms with E-state index in [1.165, 1.54) is 0 Å². The molecule has 0 aromatic heterocycles. The van der Waals surface area contributed by atoms with Crippen LogP contribution in [0.2, 0.25) is 0 Å². The Morgan fingerprint density at radius 1 is 1.11 bits per heavy atom. The molecule has 2 amide bonds. The zero-order valence-corrected chi connectivity index (χ0v) is 23.2. The van der Waals surface area contributed by atoms with Crippen LogP contribution in [0.25, 0.3) is 0 Å². The first-order valence-corrected chi connectivity index (χ1v) is 12.8. The van der Waals surface area contributed by atoms with Crippen molar-refractivity contribution in [1.82, 2.24) is 9.48 Å². The lowest BCUT2D eigenvalue weighted by atomic mass is 9.87. The number of benzene rings is 1. The number of aliphatic hydroxyl groups is 1. The van der Waals surface area contributed by atoms with Crippen LogP contribution in [0.4, 0.5) is 0 Å². The summed E-state index contributed by atoms with van der Waals surface area (Å²) < 4.78 is 12.0. The van der Waals surface area contributed by atoms with E-state index in [-0.39, 0.29) is 30.8 Å². The molecular weight excluding hydrogens is 486 g/mol. The van der Waals surface area contributed by atoms with E-state index in [1.807, 2.05) is 13.8 Å². The van der Waals surface area contributed by atoms with Gasteiger partial charge in [-0.25, -0.2) is 5.06 Å². The fraction of sp³-hybridized carbons (Fsp3) is 0.692. The van der Waals surface area contributed by atoms with E-state index < -0.39 is 23.5 Å². The van der Waals surface area contributed by atoms with Crippen molar-refractivity contribution in [2.75, 3.05) is 33.4 Å². The Morgan fingerprint density at radius 3 is 2.31 bits per heavy atom. The van der Waals surface area contributed by atoms with Gasteiger partial charge >= 0.3 is 0 Å². The van der Waals surface area contributed by atoms with Gasteiger partial charge in [-0.15, -0.1) is 0 Å². The zero-order valence-electron chi connectivity index (χ0n) is 22.4. The van der Waals surface area contributed by atoms with E-state index >= 15 is 0 Å². The predicted octanol–water partition coefficient (Wildman–Crippen LogP) is 3.70. The van der Waals surface area contributed by atoms with Gasteiger partial charge < -0.3 is 20.3 Å². The average Bonchev–Trinajstić information content (AvgIpc) is 2.81. The number of amides is 2. The van der Waals surface area contributed by atoms with Crippen LogP contribution in [0.15, 0.2) is 24.3 Å². The maximum atomic E-state index is 13.1. The molecular formula is C26H44ClN3O6. The summed E-state index contributed by atoms with van der Waals surface area (Å²) in [5, 5.41) is 21.1. The van der Waals surface area contributed by atoms with Crippen LogP contribution in [0.1, 0.15) is 64.2 Å². The van der Waals surface area contributed by atoms with Crippen molar-refractivity contribution in [2.24, 2.45) is 23.0 Å². The maximum Gasteiger partial charge on any atom is 0.271 e. The Kier molecular flexibility index (Phi) is 13.7. The smallest absolute Gasteiger partial charge is 0.271 e. The molecule has 0 radical (unpaired) electrons. The minimum Gasteiger partial charge on any atom is -0.493 e. The summed E-state index contributed by atoms with van der Waals surface area (Å²) in [6.07, 6.45) is 0.844. The summed E-state index contributed by atoms with van der Waals surface area (Å²) in [7, 11) is 1.65. The molecule has 36 heavy (non-hydrogen) atoms. The van der Waals surface area contributed by atoms with Crippen LogP contribution in [0, 0.1) is 17.3 Å². The number of halogens is 1. The first-order valence-electron chi connectivity index (χ1n) is 12.4. The molecule has 0 fully saturated rings. The normalized spacial score (nSPS) is 14.3. The molecule has 1 rings (SSSR count). The first kappa shape index (κ1) is 32.1. The third-order valence-corrected chi connectivity index (χ3v) is 6.27. The fourth-order valence-corrected chi connectivity index (χ4v) is 3.83. The van der Waals surface area contributed by atoms with E-state index in [1.54, 1.807) is 52.1 Å². The minimum atomic E-state index is -1.14. The van der Waals surface area contributed by atoms with Gasteiger partial charge in [0.2, 0.25) is 0 Å². The molecule has 206 valence electrons. The standard InChI is InChI=1S/C26H44ClN3O6/c1-18(2)19(15-21(28)22(31)17-30(34)25(33)26(3,4)5)16-29(27)24(32)20-11-7-8-12-23(20)36-14-10-9-13-35-6/h7-8,11-12,18-19,21-22,31,34H,9-10,13-17,28H2,1-6H3/t19-,21+,22+/m1/s1. The molecule has 0 saturated carbocycles. The quantitative estimate of drug-likeness (QED) is 0.137. The Balaban J connectivity index is 2.78. The Labute approximate surface area is 220 Å². The molecule has 0 unspecified atom stereocenters. The second-order valence-corrected chi connectivity index (χ2v) is 10.9. The molecule has 9 nitrogen and oxygen atoms in total. The first-order chi connectivity index (χ1) is 16.8. The number of hydrogen-bond donors (Lipinski definition) is 3. The molecule has 4 N–H and O–H groups in total. The second-order valence-electron chi connectivity index (χ2n) is 10.5. The Morgan fingerprint density at radius 2 is 1.72 bits per heavy atom. The summed E-state index contributed by atoms with van der Waals surface area (Å²) in [4.78, 5) is 25.3. The number of aliphatic hydroxyl groups excluding tert-OH is 1. The van der Waals surface area contributed by atoms with E-state index in [0.29, 0.717) is 36.0 Å². The highest BCUT2D eigenvalue weighted by Crippen LogP contribution is 2.25. The molecule has 0 saturated heterocycles. The molecule has 3 atom stereocenters. The number of hydrogen-bond acceptors (Lipinski definition) is 7. The number of hydroxylamine groups is 2. The number of carbonyl (C=O) groups excluding carboxylic acids is 2. The largest absolute Gasteiger partial charge is 0.493 e. The van der Waals surface area contributed by atoms with E-state index in [9.17, 15) is 19.9 Å². The van der Waals surface area contributed by atoms with Crippen molar-refractivity contribution in [3.63, 3.8) is 0 Å². The summed E-state index contributed by atoms with van der Waals surface area (Å²) in [5.41, 5.74) is 5.79. The van der Waals surface area contributed by atoms with Gasteiger partial charge in [-0.3, -0.25) is 19.2 Å². The van der Waals surface area contributed by atoms with Crippen molar-refractivity contribution >= 4 is 23.6 Å². The Bertz CT molecular complexity index is 817. The number of carbonyl (C=O) groups is 2. The fourth-order valence-electron chi connectivity index (χ4n) is 3.57. The number of nitrogens with two attached hydrogens (primary N) is 1. The van der Waals surface area contributed by atoms with Crippen LogP contribution in [-0.4, -0.2) is 77.2 Å². The topological polar surface area (TPSA) is 126 Å². The lowest BCUT2D eigenvalue weighted by molar-refractivity contribution is -0.180. The van der Waals surface area contributed by atoms with E-state index in [4.69, 9.17) is 27.0 Å². The Hall–Kier alpha value is -1.91. The number of ether oxygens (including phenoxy) is 2. The zero-order chi connectivity index (χ0) is 27.5. The van der Waals surface area contributed by atoms with Gasteiger partial charge in [-0.05, 0) is 43.2 Å². The highest BCUT2D eigenvalue weighted by Gasteiger charge is 2.31. The van der Waals surface area contributed by atoms with Crippen molar-refractivity contribution in [1.29, 1.82) is 0 Å². The predicted molar refractivity (Wildman–Crippen MR) is 140 cm³/mol. The lowest BCUT2D eigenvalue weighted by Crippen LogP contribution is -2.48. The van der Waals surface area contributed by atoms with Gasteiger partial charge in [0, 0.05) is 43.5 Å². The second kappa shape index (κ2) is 15.4. The van der Waals surface area contributed by atoms with Gasteiger partial charge in [0.25, 0.3) is 11.8 Å². The molecule has 1 aromatic carbocycles. The lowest BCUT2D eigenvalue weighted by Gasteiger charge is -2.31. The monoisotopic (exact) mass is 529 g/mol. The van der Waals surface area contributed by atoms with Crippen molar-refractivity contribution < 1.29 is 29.4 Å². The summed E-state index contributed by atoms with van der Waals surface area (Å²) >= 11 is 6.43. The van der Waals surface area contributed by atoms with Crippen LogP contribution in [-0.2, 0) is 9.53 Å². The summed E-state index contributed by atoms with van der Waals surface area (Å²) in [6.45, 7) is 10.00. The molecule has 0 aliphatic heterocycles. The SMILES string of the molecule is COCCCCOc1ccccc1C(=O)N(Cl)C[C@@H](C[C@H](N)[C@@H](O)CN(O)C(=O)C(C)(C)C)C(C)C. The number of unbranched alkanes of at least 4 members (excludes halogenated alkanes) is 1. The summed E-state index contributed by atoms with van der Waals surface area (Å²) in [6, 6.07) is 6.22. The van der Waals surface area contributed by atoms with Gasteiger partial charge in [0.1, 0.15) is 5.75 Å². The molecule has 0 heterocycles. The van der Waals surface area contributed by atoms with Crippen LogP contribution in [0.3, 0.4) is 0 Å². The number of nitrogens with zero attached hydrogens (tertiary/aromatic N) is 2. The summed E-state index contributed by atoms with van der Waals surface area (Å²) in [5.74, 6) is -0.465. The van der Waals surface area contributed by atoms with Gasteiger partial charge in [-0.1, -0.05) is 46.8 Å². The number of methoxy groups -OCH3 is 1. The van der Waals surface area contributed by atoms with Gasteiger partial charge in [0.05, 0.1) is 24.8 Å². The van der Waals surface area contributed by atoms with Gasteiger partial charge in [-0.2, -0.15) is 0 Å². The maximum absolute atomic E-state index is 13.1. The molecule has 0 spiro atoms. The molecule has 0 aliphatic rings. The van der Waals surface area contributed by atoms with Crippen LogP contribution in [0.5, 0.6) is 5.75 Å². The van der Waals surface area contributed by atoms with E-state index in [2.05, 4.69) is 0 Å². The van der Waals surface area contributed by atoms with Crippen LogP contribution >= 0.6 is 11.8 Å². The van der Waals surface area contributed by atoms with Gasteiger partial charge in [0.15, 0.2) is 0 Å². The van der Waals surface area contributed by atoms with Crippen LogP contribution < -0.4 is 10.5 Å². The number of rotatable bonds is 15. The molecule has 0 bridgehead atoms. The molecule has 0 aliphatic carbocycles. The van der Waals surface area contributed by atoms with E-state index in [0.717, 1.165) is 17.3 Å². The minimum absolute atomic E-state index is 0.103. The third-order valence-electron chi connectivity index (χ3n) is 5.98. The molecule has 1 aromatic rings. The van der Waals surface area contributed by atoms with Crippen molar-refractivity contribution in [3.05, 3.63) is 29.8 Å². The highest BCUT2D eigenvalue weighted by molar-refractivity contribution is 6.24. The van der Waals surface area contributed by atoms with Crippen molar-refractivity contribution in [3.8, 4) is 5.75 Å². The highest BCUT2D eigenvalue weighted by atomic mass is 35.5. The average molecular weight is 530 g/mol. The third kappa shape index (κ3) is 10.6.